The van der Waals surface area contributed by atoms with Gasteiger partial charge in [-0.1, -0.05) is 12.2 Å². The van der Waals surface area contributed by atoms with E-state index >= 15 is 0 Å². The molecule has 16 heavy (non-hydrogen) atoms. The quantitative estimate of drug-likeness (QED) is 0.717. The van der Waals surface area contributed by atoms with Crippen molar-refractivity contribution in [1.82, 2.24) is 0 Å². The predicted molar refractivity (Wildman–Crippen MR) is 63.6 cm³/mol. The lowest BCUT2D eigenvalue weighted by Gasteiger charge is -2.08. The van der Waals surface area contributed by atoms with Crippen LogP contribution in [0.1, 0.15) is 5.56 Å². The molecule has 0 aromatic heterocycles. The summed E-state index contributed by atoms with van der Waals surface area (Å²) in [6.07, 6.45) is 0. The average Bonchev–Trinajstić information content (AvgIpc) is 2.25. The van der Waals surface area contributed by atoms with Gasteiger partial charge < -0.3 is 20.9 Å². The van der Waals surface area contributed by atoms with Gasteiger partial charge in [-0.3, -0.25) is 4.79 Å². The molecule has 1 rings (SSSR count). The normalized spacial score (nSPS) is 9.56. The second-order valence-electron chi connectivity index (χ2n) is 3.02. The van der Waals surface area contributed by atoms with E-state index in [1.807, 2.05) is 0 Å². The molecule has 1 aromatic carbocycles. The Morgan fingerprint density at radius 3 is 2.44 bits per heavy atom. The summed E-state index contributed by atoms with van der Waals surface area (Å²) >= 11 is 4.84. The molecular formula is C10H12N2O3S. The van der Waals surface area contributed by atoms with Gasteiger partial charge in [0.05, 0.1) is 7.11 Å². The van der Waals surface area contributed by atoms with Gasteiger partial charge in [0.15, 0.2) is 6.61 Å². The van der Waals surface area contributed by atoms with Crippen molar-refractivity contribution in [2.24, 2.45) is 11.5 Å². The van der Waals surface area contributed by atoms with Crippen LogP contribution in [-0.4, -0.2) is 24.6 Å². The van der Waals surface area contributed by atoms with Crippen molar-refractivity contribution in [2.45, 2.75) is 0 Å². The number of thiocarbonyl (C=S) groups is 1. The predicted octanol–water partition coefficient (Wildman–Crippen LogP) is 0.193. The molecule has 1 aromatic rings. The monoisotopic (exact) mass is 240 g/mol. The number of nitrogens with two attached hydrogens (primary N) is 2. The lowest BCUT2D eigenvalue weighted by molar-refractivity contribution is -0.119. The number of ether oxygens (including phenoxy) is 2. The second-order valence-corrected chi connectivity index (χ2v) is 3.46. The highest BCUT2D eigenvalue weighted by Crippen LogP contribution is 2.22. The molecule has 0 unspecified atom stereocenters. The lowest BCUT2D eigenvalue weighted by atomic mass is 10.2. The minimum Gasteiger partial charge on any atom is -0.497 e. The third-order valence-corrected chi connectivity index (χ3v) is 2.02. The van der Waals surface area contributed by atoms with E-state index in [-0.39, 0.29) is 11.6 Å². The first-order valence-electron chi connectivity index (χ1n) is 4.43. The minimum atomic E-state index is -0.556. The van der Waals surface area contributed by atoms with Crippen molar-refractivity contribution in [1.29, 1.82) is 0 Å². The van der Waals surface area contributed by atoms with Gasteiger partial charge in [0.25, 0.3) is 5.91 Å². The fourth-order valence-electron chi connectivity index (χ4n) is 1.07. The summed E-state index contributed by atoms with van der Waals surface area (Å²) in [6, 6.07) is 4.91. The minimum absolute atomic E-state index is 0.204. The van der Waals surface area contributed by atoms with E-state index in [0.717, 1.165) is 0 Å². The molecule has 0 saturated carbocycles. The Morgan fingerprint density at radius 2 is 1.94 bits per heavy atom. The van der Waals surface area contributed by atoms with Crippen molar-refractivity contribution in [3.63, 3.8) is 0 Å². The SMILES string of the molecule is COc1cc(OCC(N)=O)cc(C(N)=S)c1. The van der Waals surface area contributed by atoms with Crippen LogP contribution in [0.15, 0.2) is 18.2 Å². The van der Waals surface area contributed by atoms with E-state index in [2.05, 4.69) is 0 Å². The molecule has 1 amide bonds. The van der Waals surface area contributed by atoms with Crippen molar-refractivity contribution < 1.29 is 14.3 Å². The van der Waals surface area contributed by atoms with Crippen molar-refractivity contribution in [3.05, 3.63) is 23.8 Å². The Labute approximate surface area is 98.3 Å². The molecule has 0 bridgehead atoms. The summed E-state index contributed by atoms with van der Waals surface area (Å²) < 4.78 is 10.2. The lowest BCUT2D eigenvalue weighted by Crippen LogP contribution is -2.20. The fourth-order valence-corrected chi connectivity index (χ4v) is 1.19. The standard InChI is InChI=1S/C10H12N2O3S/c1-14-7-2-6(10(12)16)3-8(4-7)15-5-9(11)13/h2-4H,5H2,1H3,(H2,11,13)(H2,12,16). The Morgan fingerprint density at radius 1 is 1.31 bits per heavy atom. The van der Waals surface area contributed by atoms with E-state index in [0.29, 0.717) is 17.1 Å². The first-order valence-corrected chi connectivity index (χ1v) is 4.83. The molecule has 0 aliphatic rings. The second kappa shape index (κ2) is 5.32. The third kappa shape index (κ3) is 3.39. The summed E-state index contributed by atoms with van der Waals surface area (Å²) in [5, 5.41) is 0. The number of carbonyl (C=O) groups excluding carboxylic acids is 1. The number of hydrogen-bond acceptors (Lipinski definition) is 4. The first-order chi connectivity index (χ1) is 7.52. The van der Waals surface area contributed by atoms with E-state index < -0.39 is 5.91 Å². The van der Waals surface area contributed by atoms with Gasteiger partial charge in [0, 0.05) is 11.6 Å². The van der Waals surface area contributed by atoms with Crippen LogP contribution in [0.25, 0.3) is 0 Å². The summed E-state index contributed by atoms with van der Waals surface area (Å²) in [7, 11) is 1.51. The molecule has 0 spiro atoms. The maximum Gasteiger partial charge on any atom is 0.255 e. The number of primary amides is 1. The summed E-state index contributed by atoms with van der Waals surface area (Å²) in [6.45, 7) is -0.204. The zero-order valence-corrected chi connectivity index (χ0v) is 9.54. The van der Waals surface area contributed by atoms with Crippen LogP contribution in [-0.2, 0) is 4.79 Å². The van der Waals surface area contributed by atoms with E-state index in [1.165, 1.54) is 7.11 Å². The topological polar surface area (TPSA) is 87.6 Å². The number of carbonyl (C=O) groups is 1. The van der Waals surface area contributed by atoms with Crippen LogP contribution in [0.3, 0.4) is 0 Å². The molecular weight excluding hydrogens is 228 g/mol. The molecule has 0 saturated heterocycles. The third-order valence-electron chi connectivity index (χ3n) is 1.78. The molecule has 0 atom stereocenters. The van der Waals surface area contributed by atoms with Gasteiger partial charge in [-0.2, -0.15) is 0 Å². The highest BCUT2D eigenvalue weighted by Gasteiger charge is 2.05. The average molecular weight is 240 g/mol. The Bertz CT molecular complexity index is 421. The molecule has 0 radical (unpaired) electrons. The number of benzene rings is 1. The molecule has 5 nitrogen and oxygen atoms in total. The van der Waals surface area contributed by atoms with Gasteiger partial charge in [0.2, 0.25) is 0 Å². The van der Waals surface area contributed by atoms with Crippen LogP contribution in [0.2, 0.25) is 0 Å². The van der Waals surface area contributed by atoms with Crippen LogP contribution < -0.4 is 20.9 Å². The Kier molecular flexibility index (Phi) is 4.07. The van der Waals surface area contributed by atoms with E-state index in [9.17, 15) is 4.79 Å². The number of amides is 1. The maximum absolute atomic E-state index is 10.6. The smallest absolute Gasteiger partial charge is 0.255 e. The molecule has 0 fully saturated rings. The summed E-state index contributed by atoms with van der Waals surface area (Å²) in [5.74, 6) is 0.422. The van der Waals surface area contributed by atoms with Gasteiger partial charge in [-0.15, -0.1) is 0 Å². The largest absolute Gasteiger partial charge is 0.497 e. The maximum atomic E-state index is 10.6. The number of methoxy groups -OCH3 is 1. The zero-order chi connectivity index (χ0) is 12.1. The highest BCUT2D eigenvalue weighted by molar-refractivity contribution is 7.80. The Balaban J connectivity index is 2.95. The fraction of sp³-hybridized carbons (Fsp3) is 0.200. The summed E-state index contributed by atoms with van der Waals surface area (Å²) in [4.78, 5) is 10.8. The molecule has 86 valence electrons. The molecule has 0 aliphatic carbocycles. The van der Waals surface area contributed by atoms with Crippen LogP contribution in [0.5, 0.6) is 11.5 Å². The van der Waals surface area contributed by atoms with E-state index in [4.69, 9.17) is 33.2 Å². The molecule has 6 heteroatoms. The van der Waals surface area contributed by atoms with Crippen LogP contribution in [0, 0.1) is 0 Å². The molecule has 0 heterocycles. The number of rotatable bonds is 5. The molecule has 0 aliphatic heterocycles. The van der Waals surface area contributed by atoms with Gasteiger partial charge in [-0.05, 0) is 12.1 Å². The highest BCUT2D eigenvalue weighted by atomic mass is 32.1. The first kappa shape index (κ1) is 12.3. The number of hydrogen-bond donors (Lipinski definition) is 2. The van der Waals surface area contributed by atoms with Crippen molar-refractivity contribution >= 4 is 23.1 Å². The van der Waals surface area contributed by atoms with Gasteiger partial charge >= 0.3 is 0 Å². The van der Waals surface area contributed by atoms with Gasteiger partial charge in [0.1, 0.15) is 16.5 Å². The Hall–Kier alpha value is -1.82. The van der Waals surface area contributed by atoms with Crippen LogP contribution >= 0.6 is 12.2 Å². The van der Waals surface area contributed by atoms with Crippen molar-refractivity contribution in [3.8, 4) is 11.5 Å². The summed E-state index contributed by atoms with van der Waals surface area (Å²) in [5.41, 5.74) is 11.1. The van der Waals surface area contributed by atoms with Crippen LogP contribution in [0.4, 0.5) is 0 Å². The molecule has 4 N–H and O–H groups in total. The zero-order valence-electron chi connectivity index (χ0n) is 8.73. The van der Waals surface area contributed by atoms with Crippen molar-refractivity contribution in [2.75, 3.05) is 13.7 Å². The van der Waals surface area contributed by atoms with E-state index in [1.54, 1.807) is 18.2 Å². The van der Waals surface area contributed by atoms with Gasteiger partial charge in [-0.25, -0.2) is 0 Å².